The number of aryl methyl sites for hydroxylation is 1. The van der Waals surface area contributed by atoms with Crippen molar-refractivity contribution in [3.8, 4) is 22.4 Å². The Morgan fingerprint density at radius 3 is 2.52 bits per heavy atom. The molecule has 0 bridgehead atoms. The first kappa shape index (κ1) is 18.8. The monoisotopic (exact) mass is 366 g/mol. The minimum atomic E-state index is -0.167. The van der Waals surface area contributed by atoms with Crippen LogP contribution in [0.15, 0.2) is 59.1 Å². The number of aliphatic hydroxyl groups is 1. The molecule has 27 heavy (non-hydrogen) atoms. The number of hydrogen-bond donors (Lipinski definition) is 2. The van der Waals surface area contributed by atoms with Crippen LogP contribution in [-0.4, -0.2) is 42.5 Å². The van der Waals surface area contributed by atoms with Gasteiger partial charge >= 0.3 is 0 Å². The standard InChI is InChI=1S/C21H22N2O4/c1-15-19(20(23-27-15)17-5-3-2-4-6-17)16-7-9-18(10-8-16)21(25)22-11-13-26-14-12-24/h2-10,24H,11-14H2,1H3,(H,22,25). The smallest absolute Gasteiger partial charge is 0.251 e. The van der Waals surface area contributed by atoms with Crippen LogP contribution in [0.1, 0.15) is 16.1 Å². The highest BCUT2D eigenvalue weighted by Gasteiger charge is 2.16. The Morgan fingerprint density at radius 2 is 1.81 bits per heavy atom. The second-order valence-electron chi connectivity index (χ2n) is 6.00. The van der Waals surface area contributed by atoms with Crippen LogP contribution in [0.2, 0.25) is 0 Å². The van der Waals surface area contributed by atoms with Gasteiger partial charge in [0.1, 0.15) is 11.5 Å². The Kier molecular flexibility index (Phi) is 6.35. The van der Waals surface area contributed by atoms with Crippen LogP contribution >= 0.6 is 0 Å². The van der Waals surface area contributed by atoms with Crippen molar-refractivity contribution in [3.63, 3.8) is 0 Å². The summed E-state index contributed by atoms with van der Waals surface area (Å²) in [6, 6.07) is 17.2. The zero-order valence-electron chi connectivity index (χ0n) is 15.1. The molecule has 6 heteroatoms. The molecule has 0 aliphatic rings. The zero-order chi connectivity index (χ0) is 19.1. The van der Waals surface area contributed by atoms with Crippen molar-refractivity contribution < 1.29 is 19.2 Å². The molecule has 0 fully saturated rings. The second kappa shape index (κ2) is 9.12. The van der Waals surface area contributed by atoms with Gasteiger partial charge in [0.15, 0.2) is 0 Å². The third-order valence-corrected chi connectivity index (χ3v) is 4.11. The van der Waals surface area contributed by atoms with Crippen LogP contribution in [0.4, 0.5) is 0 Å². The number of aromatic nitrogens is 1. The molecule has 3 rings (SSSR count). The molecule has 0 spiro atoms. The lowest BCUT2D eigenvalue weighted by Gasteiger charge is -2.07. The van der Waals surface area contributed by atoms with Crippen molar-refractivity contribution in [2.75, 3.05) is 26.4 Å². The molecule has 3 aromatic rings. The summed E-state index contributed by atoms with van der Waals surface area (Å²) in [6.07, 6.45) is 0. The second-order valence-corrected chi connectivity index (χ2v) is 6.00. The number of amides is 1. The van der Waals surface area contributed by atoms with Crippen LogP contribution < -0.4 is 5.32 Å². The van der Waals surface area contributed by atoms with E-state index in [4.69, 9.17) is 14.4 Å². The van der Waals surface area contributed by atoms with E-state index in [1.807, 2.05) is 49.4 Å². The highest BCUT2D eigenvalue weighted by Crippen LogP contribution is 2.34. The van der Waals surface area contributed by atoms with Gasteiger partial charge in [-0.2, -0.15) is 0 Å². The molecule has 0 radical (unpaired) electrons. The predicted molar refractivity (Wildman–Crippen MR) is 102 cm³/mol. The summed E-state index contributed by atoms with van der Waals surface area (Å²) in [7, 11) is 0. The largest absolute Gasteiger partial charge is 0.394 e. The minimum absolute atomic E-state index is 0.0251. The number of nitrogens with one attached hydrogen (secondary N) is 1. The average molecular weight is 366 g/mol. The van der Waals surface area contributed by atoms with Crippen molar-refractivity contribution in [2.24, 2.45) is 0 Å². The average Bonchev–Trinajstić information content (AvgIpc) is 3.10. The van der Waals surface area contributed by atoms with Crippen molar-refractivity contribution >= 4 is 5.91 Å². The fourth-order valence-electron chi connectivity index (χ4n) is 2.80. The number of hydrogen-bond acceptors (Lipinski definition) is 5. The maximum absolute atomic E-state index is 12.2. The van der Waals surface area contributed by atoms with Gasteiger partial charge < -0.3 is 19.7 Å². The van der Waals surface area contributed by atoms with E-state index in [0.717, 1.165) is 28.1 Å². The van der Waals surface area contributed by atoms with E-state index >= 15 is 0 Å². The Labute approximate surface area is 157 Å². The third-order valence-electron chi connectivity index (χ3n) is 4.11. The first-order chi connectivity index (χ1) is 13.2. The van der Waals surface area contributed by atoms with E-state index in [9.17, 15) is 4.79 Å². The Bertz CT molecular complexity index is 873. The van der Waals surface area contributed by atoms with E-state index in [2.05, 4.69) is 10.5 Å². The predicted octanol–water partition coefficient (Wildman–Crippen LogP) is 3.06. The lowest BCUT2D eigenvalue weighted by atomic mass is 9.98. The summed E-state index contributed by atoms with van der Waals surface area (Å²) in [6.45, 7) is 2.88. The van der Waals surface area contributed by atoms with Gasteiger partial charge in [-0.3, -0.25) is 4.79 Å². The number of rotatable bonds is 8. The molecule has 1 amide bonds. The van der Waals surface area contributed by atoms with Gasteiger partial charge in [-0.1, -0.05) is 47.6 Å². The Hall–Kier alpha value is -2.96. The topological polar surface area (TPSA) is 84.6 Å². The number of carbonyl (C=O) groups is 1. The molecule has 2 aromatic carbocycles. The third kappa shape index (κ3) is 4.61. The van der Waals surface area contributed by atoms with E-state index in [1.54, 1.807) is 12.1 Å². The molecule has 140 valence electrons. The van der Waals surface area contributed by atoms with Crippen LogP contribution in [0.3, 0.4) is 0 Å². The Morgan fingerprint density at radius 1 is 1.07 bits per heavy atom. The van der Waals surface area contributed by atoms with Crippen LogP contribution in [0.25, 0.3) is 22.4 Å². The first-order valence-corrected chi connectivity index (χ1v) is 8.79. The quantitative estimate of drug-likeness (QED) is 0.599. The number of nitrogens with zero attached hydrogens (tertiary/aromatic N) is 1. The Balaban J connectivity index is 1.73. The molecule has 1 heterocycles. The molecular weight excluding hydrogens is 344 g/mol. The molecule has 0 aliphatic heterocycles. The van der Waals surface area contributed by atoms with Gasteiger partial charge in [0.25, 0.3) is 5.91 Å². The molecular formula is C21H22N2O4. The van der Waals surface area contributed by atoms with Crippen molar-refractivity contribution in [2.45, 2.75) is 6.92 Å². The van der Waals surface area contributed by atoms with Gasteiger partial charge in [0.2, 0.25) is 0 Å². The maximum atomic E-state index is 12.2. The zero-order valence-corrected chi connectivity index (χ0v) is 15.1. The van der Waals surface area contributed by atoms with Gasteiger partial charge in [0.05, 0.1) is 25.4 Å². The maximum Gasteiger partial charge on any atom is 0.251 e. The van der Waals surface area contributed by atoms with E-state index in [-0.39, 0.29) is 19.1 Å². The van der Waals surface area contributed by atoms with E-state index < -0.39 is 0 Å². The summed E-state index contributed by atoms with van der Waals surface area (Å²) < 4.78 is 10.5. The summed E-state index contributed by atoms with van der Waals surface area (Å²) in [5, 5.41) is 15.6. The van der Waals surface area contributed by atoms with E-state index in [0.29, 0.717) is 18.7 Å². The normalized spacial score (nSPS) is 10.7. The fourth-order valence-corrected chi connectivity index (χ4v) is 2.80. The summed E-state index contributed by atoms with van der Waals surface area (Å²) in [4.78, 5) is 12.2. The SMILES string of the molecule is Cc1onc(-c2ccccc2)c1-c1ccc(C(=O)NCCOCCO)cc1. The van der Waals surface area contributed by atoms with Crippen molar-refractivity contribution in [3.05, 3.63) is 65.9 Å². The van der Waals surface area contributed by atoms with Gasteiger partial charge in [-0.15, -0.1) is 0 Å². The van der Waals surface area contributed by atoms with E-state index in [1.165, 1.54) is 0 Å². The molecule has 0 atom stereocenters. The lowest BCUT2D eigenvalue weighted by Crippen LogP contribution is -2.27. The van der Waals surface area contributed by atoms with Crippen LogP contribution in [0.5, 0.6) is 0 Å². The highest BCUT2D eigenvalue weighted by atomic mass is 16.5. The number of benzene rings is 2. The minimum Gasteiger partial charge on any atom is -0.394 e. The molecule has 6 nitrogen and oxygen atoms in total. The first-order valence-electron chi connectivity index (χ1n) is 8.79. The summed E-state index contributed by atoms with van der Waals surface area (Å²) >= 11 is 0. The summed E-state index contributed by atoms with van der Waals surface area (Å²) in [5.74, 6) is 0.562. The van der Waals surface area contributed by atoms with Crippen LogP contribution in [-0.2, 0) is 4.74 Å². The van der Waals surface area contributed by atoms with Gasteiger partial charge in [-0.25, -0.2) is 0 Å². The molecule has 1 aromatic heterocycles. The molecule has 0 aliphatic carbocycles. The van der Waals surface area contributed by atoms with Crippen LogP contribution in [0, 0.1) is 6.92 Å². The highest BCUT2D eigenvalue weighted by molar-refractivity contribution is 5.95. The van der Waals surface area contributed by atoms with Gasteiger partial charge in [0, 0.05) is 17.7 Å². The van der Waals surface area contributed by atoms with Crippen molar-refractivity contribution in [1.82, 2.24) is 10.5 Å². The number of aliphatic hydroxyl groups excluding tert-OH is 1. The molecule has 0 saturated heterocycles. The molecule has 0 unspecified atom stereocenters. The molecule has 0 saturated carbocycles. The van der Waals surface area contributed by atoms with Crippen molar-refractivity contribution in [1.29, 1.82) is 0 Å². The number of carbonyl (C=O) groups excluding carboxylic acids is 1. The lowest BCUT2D eigenvalue weighted by molar-refractivity contribution is 0.0838. The summed E-state index contributed by atoms with van der Waals surface area (Å²) in [5.41, 5.74) is 4.19. The van der Waals surface area contributed by atoms with Gasteiger partial charge in [-0.05, 0) is 24.6 Å². The molecule has 2 N–H and O–H groups in total. The fraction of sp³-hybridized carbons (Fsp3) is 0.238. The number of ether oxygens (including phenoxy) is 1.